The van der Waals surface area contributed by atoms with E-state index in [1.54, 1.807) is 16.8 Å². The van der Waals surface area contributed by atoms with Gasteiger partial charge in [0.15, 0.2) is 0 Å². The maximum absolute atomic E-state index is 12.9. The molecule has 0 saturated carbocycles. The average Bonchev–Trinajstić information content (AvgIpc) is 3.04. The fourth-order valence-electron chi connectivity index (χ4n) is 4.57. The molecule has 2 aromatic heterocycles. The molecule has 0 bridgehead atoms. The highest BCUT2D eigenvalue weighted by atomic mass is 19.4. The normalized spacial score (nSPS) is 14.7. The van der Waals surface area contributed by atoms with E-state index in [0.717, 1.165) is 42.8 Å². The van der Waals surface area contributed by atoms with Crippen LogP contribution in [0.15, 0.2) is 65.6 Å². The molecule has 0 unspecified atom stereocenters. The van der Waals surface area contributed by atoms with Gasteiger partial charge in [-0.3, -0.25) is 9.36 Å². The number of likely N-dealkylation sites (N-methyl/N-ethyl adjacent to an activating group) is 1. The molecule has 5 rings (SSSR count). The van der Waals surface area contributed by atoms with Gasteiger partial charge in [-0.25, -0.2) is 0 Å². The zero-order chi connectivity index (χ0) is 22.6. The molecule has 3 heterocycles. The highest BCUT2D eigenvalue weighted by molar-refractivity contribution is 5.87. The zero-order valence-electron chi connectivity index (χ0n) is 17.8. The van der Waals surface area contributed by atoms with Gasteiger partial charge in [-0.1, -0.05) is 18.2 Å². The molecule has 7 heteroatoms. The molecule has 0 aliphatic carbocycles. The number of aromatic nitrogens is 2. The van der Waals surface area contributed by atoms with E-state index in [1.807, 2.05) is 12.1 Å². The summed E-state index contributed by atoms with van der Waals surface area (Å²) in [6.45, 7) is 1.93. The fourth-order valence-corrected chi connectivity index (χ4v) is 4.57. The third-order valence-electron chi connectivity index (χ3n) is 6.32. The van der Waals surface area contributed by atoms with Crippen LogP contribution < -0.4 is 5.56 Å². The third-order valence-corrected chi connectivity index (χ3v) is 6.32. The van der Waals surface area contributed by atoms with Crippen molar-refractivity contribution in [3.63, 3.8) is 0 Å². The summed E-state index contributed by atoms with van der Waals surface area (Å²) >= 11 is 0. The number of hydrogen-bond acceptors (Lipinski definition) is 2. The molecule has 164 valence electrons. The second-order valence-electron chi connectivity index (χ2n) is 8.37. The minimum atomic E-state index is -4.38. The number of halogens is 3. The van der Waals surface area contributed by atoms with E-state index in [0.29, 0.717) is 11.1 Å². The van der Waals surface area contributed by atoms with E-state index in [-0.39, 0.29) is 5.56 Å². The van der Waals surface area contributed by atoms with Crippen LogP contribution in [0, 0.1) is 0 Å². The van der Waals surface area contributed by atoms with Crippen molar-refractivity contribution in [2.75, 3.05) is 13.6 Å². The quantitative estimate of drug-likeness (QED) is 0.442. The first-order chi connectivity index (χ1) is 15.2. The first-order valence-electron chi connectivity index (χ1n) is 10.4. The van der Waals surface area contributed by atoms with Crippen molar-refractivity contribution in [3.05, 3.63) is 88.0 Å². The molecule has 2 aromatic carbocycles. The Labute approximate surface area is 183 Å². The fraction of sp³-hybridized carbons (Fsp3) is 0.240. The van der Waals surface area contributed by atoms with Gasteiger partial charge >= 0.3 is 6.18 Å². The van der Waals surface area contributed by atoms with Crippen LogP contribution in [0.25, 0.3) is 27.7 Å². The van der Waals surface area contributed by atoms with Crippen LogP contribution >= 0.6 is 0 Å². The van der Waals surface area contributed by atoms with Gasteiger partial charge < -0.3 is 9.47 Å². The molecule has 0 atom stereocenters. The molecule has 4 nitrogen and oxygen atoms in total. The van der Waals surface area contributed by atoms with Crippen molar-refractivity contribution in [3.8, 4) is 16.8 Å². The van der Waals surface area contributed by atoms with Crippen molar-refractivity contribution in [1.29, 1.82) is 0 Å². The molecular weight excluding hydrogens is 415 g/mol. The summed E-state index contributed by atoms with van der Waals surface area (Å²) in [4.78, 5) is 15.2. The van der Waals surface area contributed by atoms with Crippen molar-refractivity contribution in [2.45, 2.75) is 19.1 Å². The Hall–Kier alpha value is -3.32. The number of benzene rings is 2. The van der Waals surface area contributed by atoms with Crippen LogP contribution in [0.5, 0.6) is 0 Å². The number of rotatable bonds is 2. The summed E-state index contributed by atoms with van der Waals surface area (Å²) in [6, 6.07) is 14.1. The van der Waals surface area contributed by atoms with Crippen LogP contribution in [0.3, 0.4) is 0 Å². The van der Waals surface area contributed by atoms with Gasteiger partial charge in [-0.05, 0) is 54.1 Å². The molecular formula is C25H22F3N3O. The Morgan fingerprint density at radius 1 is 0.906 bits per heavy atom. The summed E-state index contributed by atoms with van der Waals surface area (Å²) in [5.41, 5.74) is 4.72. The minimum absolute atomic E-state index is 0.236. The molecule has 0 amide bonds. The molecule has 32 heavy (non-hydrogen) atoms. The van der Waals surface area contributed by atoms with Gasteiger partial charge in [-0.15, -0.1) is 0 Å². The van der Waals surface area contributed by atoms with Crippen LogP contribution in [0.4, 0.5) is 13.2 Å². The summed E-state index contributed by atoms with van der Waals surface area (Å²) < 4.78 is 42.2. The van der Waals surface area contributed by atoms with Gasteiger partial charge in [0, 0.05) is 49.9 Å². The highest BCUT2D eigenvalue weighted by Crippen LogP contribution is 2.32. The Bertz CT molecular complexity index is 1380. The smallest absolute Gasteiger partial charge is 0.347 e. The number of hydrogen-bond donors (Lipinski definition) is 0. The Morgan fingerprint density at radius 3 is 2.34 bits per heavy atom. The zero-order valence-corrected chi connectivity index (χ0v) is 17.8. The Morgan fingerprint density at radius 2 is 1.66 bits per heavy atom. The Balaban J connectivity index is 1.52. The van der Waals surface area contributed by atoms with Gasteiger partial charge in [0.25, 0.3) is 5.56 Å². The van der Waals surface area contributed by atoms with Crippen LogP contribution in [0.2, 0.25) is 0 Å². The Kier molecular flexibility index (Phi) is 4.74. The molecule has 1 aliphatic rings. The largest absolute Gasteiger partial charge is 0.416 e. The van der Waals surface area contributed by atoms with E-state index in [1.165, 1.54) is 34.8 Å². The van der Waals surface area contributed by atoms with Crippen LogP contribution in [0.1, 0.15) is 16.8 Å². The summed E-state index contributed by atoms with van der Waals surface area (Å²) in [6.07, 6.45) is -1.71. The molecule has 0 spiro atoms. The van der Waals surface area contributed by atoms with Gasteiger partial charge in [-0.2, -0.15) is 13.2 Å². The number of aryl methyl sites for hydroxylation is 1. The second-order valence-corrected chi connectivity index (χ2v) is 8.37. The summed E-state index contributed by atoms with van der Waals surface area (Å²) in [5, 5.41) is 1.20. The van der Waals surface area contributed by atoms with Crippen molar-refractivity contribution in [2.24, 2.45) is 7.05 Å². The first-order valence-corrected chi connectivity index (χ1v) is 10.4. The average molecular weight is 437 g/mol. The SMILES string of the molecule is CN1CCc2c(c3ccc(-n4ccc(-c5ccc(C(F)(F)F)cc5)cc4=O)cc3n2C)C1. The molecule has 0 N–H and O–H groups in total. The van der Waals surface area contributed by atoms with Crippen LogP contribution in [-0.2, 0) is 26.2 Å². The lowest BCUT2D eigenvalue weighted by atomic mass is 10.0. The van der Waals surface area contributed by atoms with E-state index in [2.05, 4.69) is 29.6 Å². The highest BCUT2D eigenvalue weighted by Gasteiger charge is 2.30. The van der Waals surface area contributed by atoms with Gasteiger partial charge in [0.2, 0.25) is 0 Å². The lowest BCUT2D eigenvalue weighted by Crippen LogP contribution is -2.26. The lowest BCUT2D eigenvalue weighted by Gasteiger charge is -2.23. The first kappa shape index (κ1) is 20.6. The minimum Gasteiger partial charge on any atom is -0.347 e. The number of nitrogens with zero attached hydrogens (tertiary/aromatic N) is 3. The molecule has 1 aliphatic heterocycles. The summed E-state index contributed by atoms with van der Waals surface area (Å²) in [5.74, 6) is 0. The molecule has 0 saturated heterocycles. The molecule has 0 radical (unpaired) electrons. The third kappa shape index (κ3) is 3.42. The number of fused-ring (bicyclic) bond motifs is 3. The summed E-state index contributed by atoms with van der Waals surface area (Å²) in [7, 11) is 4.18. The van der Waals surface area contributed by atoms with Gasteiger partial charge in [0.05, 0.1) is 16.8 Å². The van der Waals surface area contributed by atoms with E-state index >= 15 is 0 Å². The number of pyridine rings is 1. The standard InChI is InChI=1S/C25H22F3N3O/c1-29-11-10-22-21(15-29)20-8-7-19(14-23(20)30(22)2)31-12-9-17(13-24(31)32)16-3-5-18(6-4-16)25(26,27)28/h3-9,12-14H,10-11,15H2,1-2H3. The van der Waals surface area contributed by atoms with Gasteiger partial charge in [0.1, 0.15) is 0 Å². The predicted octanol–water partition coefficient (Wildman–Crippen LogP) is 5.00. The number of alkyl halides is 3. The van der Waals surface area contributed by atoms with Crippen molar-refractivity contribution < 1.29 is 13.2 Å². The predicted molar refractivity (Wildman–Crippen MR) is 119 cm³/mol. The molecule has 0 fully saturated rings. The maximum atomic E-state index is 12.9. The molecule has 4 aromatic rings. The maximum Gasteiger partial charge on any atom is 0.416 e. The topological polar surface area (TPSA) is 30.2 Å². The van der Waals surface area contributed by atoms with E-state index in [4.69, 9.17) is 0 Å². The van der Waals surface area contributed by atoms with E-state index < -0.39 is 11.7 Å². The van der Waals surface area contributed by atoms with Crippen molar-refractivity contribution >= 4 is 10.9 Å². The van der Waals surface area contributed by atoms with Crippen LogP contribution in [-0.4, -0.2) is 27.6 Å². The lowest BCUT2D eigenvalue weighted by molar-refractivity contribution is -0.137. The second kappa shape index (κ2) is 7.38. The van der Waals surface area contributed by atoms with E-state index in [9.17, 15) is 18.0 Å². The monoisotopic (exact) mass is 437 g/mol. The van der Waals surface area contributed by atoms with Crippen molar-refractivity contribution in [1.82, 2.24) is 14.0 Å².